The maximum atomic E-state index is 11.2. The molecule has 0 bridgehead atoms. The van der Waals surface area contributed by atoms with Crippen LogP contribution in [-0.4, -0.2) is 56.9 Å². The largest absolute Gasteiger partial charge is 0.550 e. The van der Waals surface area contributed by atoms with E-state index < -0.39 is 18.2 Å². The third kappa shape index (κ3) is 8.05. The first-order chi connectivity index (χ1) is 7.24. The number of nitrogens with zero attached hydrogens (tertiary/aromatic N) is 1. The van der Waals surface area contributed by atoms with Crippen molar-refractivity contribution in [3.05, 3.63) is 0 Å². The van der Waals surface area contributed by atoms with Crippen LogP contribution in [0.5, 0.6) is 0 Å². The first-order valence-electron chi connectivity index (χ1n) is 5.19. The molecule has 6 nitrogen and oxygen atoms in total. The number of carbonyl (C=O) groups is 2. The zero-order chi connectivity index (χ0) is 12.8. The van der Waals surface area contributed by atoms with Gasteiger partial charge in [-0.3, -0.25) is 0 Å². The molecule has 0 aromatic heterocycles. The summed E-state index contributed by atoms with van der Waals surface area (Å²) in [6, 6.07) is 0. The second-order valence-corrected chi connectivity index (χ2v) is 4.61. The Kier molecular flexibility index (Phi) is 5.81. The van der Waals surface area contributed by atoms with Crippen molar-refractivity contribution >= 4 is 12.1 Å². The lowest BCUT2D eigenvalue weighted by Gasteiger charge is -2.29. The van der Waals surface area contributed by atoms with E-state index in [1.807, 2.05) is 21.1 Å². The van der Waals surface area contributed by atoms with Gasteiger partial charge in [0.05, 0.1) is 21.1 Å². The minimum atomic E-state index is -1.22. The third-order valence-electron chi connectivity index (χ3n) is 1.74. The first-order valence-corrected chi connectivity index (χ1v) is 5.19. The molecule has 0 saturated carbocycles. The summed E-state index contributed by atoms with van der Waals surface area (Å²) < 4.78 is 5.50. The van der Waals surface area contributed by atoms with Crippen LogP contribution in [0.1, 0.15) is 13.3 Å². The second-order valence-electron chi connectivity index (χ2n) is 4.61. The lowest BCUT2D eigenvalue weighted by atomic mass is 10.2. The fraction of sp³-hybridized carbons (Fsp3) is 0.800. The van der Waals surface area contributed by atoms with Crippen molar-refractivity contribution < 1.29 is 23.9 Å². The van der Waals surface area contributed by atoms with Crippen molar-refractivity contribution in [2.24, 2.45) is 0 Å². The molecule has 0 fully saturated rings. The molecule has 0 aromatic rings. The minimum absolute atomic E-state index is 0.285. The number of ether oxygens (including phenoxy) is 1. The van der Waals surface area contributed by atoms with E-state index >= 15 is 0 Å². The van der Waals surface area contributed by atoms with E-state index in [-0.39, 0.29) is 6.42 Å². The highest BCUT2D eigenvalue weighted by Gasteiger charge is 2.22. The number of alkyl carbamates (subject to hydrolysis) is 1. The summed E-state index contributed by atoms with van der Waals surface area (Å²) in [4.78, 5) is 21.7. The van der Waals surface area contributed by atoms with Crippen molar-refractivity contribution in [1.82, 2.24) is 5.32 Å². The van der Waals surface area contributed by atoms with E-state index in [4.69, 9.17) is 4.74 Å². The number of amides is 1. The summed E-state index contributed by atoms with van der Waals surface area (Å²) in [7, 11) is 5.68. The molecule has 16 heavy (non-hydrogen) atoms. The first kappa shape index (κ1) is 14.7. The molecule has 0 aliphatic carbocycles. The Labute approximate surface area is 95.8 Å². The summed E-state index contributed by atoms with van der Waals surface area (Å²) >= 11 is 0. The van der Waals surface area contributed by atoms with Crippen LogP contribution in [0.4, 0.5) is 4.79 Å². The predicted octanol–water partition coefficient (Wildman–Crippen LogP) is -1.05. The maximum absolute atomic E-state index is 11.2. The Morgan fingerprint density at radius 3 is 2.31 bits per heavy atom. The zero-order valence-corrected chi connectivity index (χ0v) is 10.3. The predicted molar refractivity (Wildman–Crippen MR) is 56.5 cm³/mol. The van der Waals surface area contributed by atoms with Gasteiger partial charge < -0.3 is 24.4 Å². The second kappa shape index (κ2) is 6.32. The summed E-state index contributed by atoms with van der Waals surface area (Å²) in [5, 5.41) is 13.0. The molecule has 0 spiro atoms. The lowest BCUT2D eigenvalue weighted by molar-refractivity contribution is -0.873. The number of carboxylic acids is 1. The molecule has 0 aliphatic rings. The highest BCUT2D eigenvalue weighted by Crippen LogP contribution is 2.04. The number of carbonyl (C=O) groups excluding carboxylic acids is 2. The summed E-state index contributed by atoms with van der Waals surface area (Å²) in [6.45, 7) is 2.63. The summed E-state index contributed by atoms with van der Waals surface area (Å²) in [5.74, 6) is -1.22. The molecule has 0 saturated heterocycles. The molecule has 6 heteroatoms. The highest BCUT2D eigenvalue weighted by molar-refractivity contribution is 5.69. The summed E-state index contributed by atoms with van der Waals surface area (Å²) in [6.07, 6.45) is -1.55. The molecule has 94 valence electrons. The Balaban J connectivity index is 4.31. The van der Waals surface area contributed by atoms with Gasteiger partial charge in [-0.15, -0.1) is 0 Å². The minimum Gasteiger partial charge on any atom is -0.550 e. The maximum Gasteiger partial charge on any atom is 0.407 e. The Hall–Kier alpha value is -1.30. The van der Waals surface area contributed by atoms with Gasteiger partial charge >= 0.3 is 6.09 Å². The standard InChI is InChI=1S/C10H20N2O4/c1-5-11-10(15)16-8(6-9(13)14)7-12(2,3)4/h8H,5-7H2,1-4H3,(H-,11,13,14,15). The van der Waals surface area contributed by atoms with E-state index in [1.54, 1.807) is 6.92 Å². The van der Waals surface area contributed by atoms with Crippen molar-refractivity contribution in [2.75, 3.05) is 34.2 Å². The summed E-state index contributed by atoms with van der Waals surface area (Å²) in [5.41, 5.74) is 0. The number of quaternary nitrogens is 1. The number of likely N-dealkylation sites (N-methyl/N-ethyl adjacent to an activating group) is 1. The smallest absolute Gasteiger partial charge is 0.407 e. The van der Waals surface area contributed by atoms with Crippen LogP contribution in [0.25, 0.3) is 0 Å². The Morgan fingerprint density at radius 1 is 1.38 bits per heavy atom. The van der Waals surface area contributed by atoms with Crippen LogP contribution < -0.4 is 10.4 Å². The van der Waals surface area contributed by atoms with Gasteiger partial charge in [0.2, 0.25) is 0 Å². The fourth-order valence-electron chi connectivity index (χ4n) is 1.28. The molecule has 0 rings (SSSR count). The average Bonchev–Trinajstić information content (AvgIpc) is 1.98. The van der Waals surface area contributed by atoms with E-state index in [9.17, 15) is 14.7 Å². The van der Waals surface area contributed by atoms with Gasteiger partial charge in [-0.2, -0.15) is 0 Å². The van der Waals surface area contributed by atoms with E-state index in [0.717, 1.165) is 0 Å². The van der Waals surface area contributed by atoms with Crippen molar-refractivity contribution in [3.8, 4) is 0 Å². The molecule has 1 amide bonds. The number of nitrogens with one attached hydrogen (secondary N) is 1. The molecule has 0 aliphatic heterocycles. The average molecular weight is 232 g/mol. The molecule has 0 radical (unpaired) electrons. The van der Waals surface area contributed by atoms with Gasteiger partial charge in [-0.1, -0.05) is 0 Å². The van der Waals surface area contributed by atoms with Crippen molar-refractivity contribution in [1.29, 1.82) is 0 Å². The van der Waals surface area contributed by atoms with Gasteiger partial charge in [-0.05, 0) is 6.92 Å². The normalized spacial score (nSPS) is 13.0. The lowest BCUT2D eigenvalue weighted by Crippen LogP contribution is -2.46. The van der Waals surface area contributed by atoms with Crippen LogP contribution in [0, 0.1) is 0 Å². The highest BCUT2D eigenvalue weighted by atomic mass is 16.6. The Morgan fingerprint density at radius 2 is 1.94 bits per heavy atom. The third-order valence-corrected chi connectivity index (χ3v) is 1.74. The number of hydrogen-bond acceptors (Lipinski definition) is 4. The number of aliphatic carboxylic acids is 1. The molecule has 0 heterocycles. The van der Waals surface area contributed by atoms with Gasteiger partial charge in [0.1, 0.15) is 6.54 Å². The topological polar surface area (TPSA) is 78.5 Å². The van der Waals surface area contributed by atoms with Gasteiger partial charge in [-0.25, -0.2) is 4.79 Å². The van der Waals surface area contributed by atoms with Crippen LogP contribution in [0.15, 0.2) is 0 Å². The van der Waals surface area contributed by atoms with E-state index in [2.05, 4.69) is 5.32 Å². The van der Waals surface area contributed by atoms with Gasteiger partial charge in [0.25, 0.3) is 0 Å². The van der Waals surface area contributed by atoms with Crippen LogP contribution >= 0.6 is 0 Å². The molecule has 0 aromatic carbocycles. The molecule has 1 N–H and O–H groups in total. The molecule has 1 unspecified atom stereocenters. The van der Waals surface area contributed by atoms with E-state index in [0.29, 0.717) is 17.6 Å². The number of carboxylic acid groups (broad SMARTS) is 1. The van der Waals surface area contributed by atoms with E-state index in [1.165, 1.54) is 0 Å². The monoisotopic (exact) mass is 232 g/mol. The zero-order valence-electron chi connectivity index (χ0n) is 10.3. The fourth-order valence-corrected chi connectivity index (χ4v) is 1.28. The number of hydrogen-bond donors (Lipinski definition) is 1. The molecular formula is C10H20N2O4. The molecular weight excluding hydrogens is 212 g/mol. The van der Waals surface area contributed by atoms with Crippen molar-refractivity contribution in [3.63, 3.8) is 0 Å². The number of rotatable bonds is 6. The SMILES string of the molecule is CCNC(=O)OC(CC(=O)[O-])C[N+](C)(C)C. The van der Waals surface area contributed by atoms with Crippen LogP contribution in [0.2, 0.25) is 0 Å². The van der Waals surface area contributed by atoms with Crippen LogP contribution in [-0.2, 0) is 9.53 Å². The van der Waals surface area contributed by atoms with Crippen LogP contribution in [0.3, 0.4) is 0 Å². The van der Waals surface area contributed by atoms with Crippen molar-refractivity contribution in [2.45, 2.75) is 19.4 Å². The quantitative estimate of drug-likeness (QED) is 0.593. The van der Waals surface area contributed by atoms with Gasteiger partial charge in [0, 0.05) is 18.9 Å². The van der Waals surface area contributed by atoms with Gasteiger partial charge in [0.15, 0.2) is 6.10 Å². The Bertz CT molecular complexity index is 248. The molecule has 1 atom stereocenters.